The fourth-order valence-corrected chi connectivity index (χ4v) is 6.20. The molecule has 0 bridgehead atoms. The zero-order chi connectivity index (χ0) is 32.8. The van der Waals surface area contributed by atoms with Crippen molar-refractivity contribution >= 4 is 39.3 Å². The fourth-order valence-electron chi connectivity index (χ4n) is 6.20. The van der Waals surface area contributed by atoms with Gasteiger partial charge in [0.05, 0.1) is 6.61 Å². The molecule has 0 saturated carbocycles. The van der Waals surface area contributed by atoms with E-state index in [2.05, 4.69) is 32.9 Å². The highest BCUT2D eigenvalue weighted by molar-refractivity contribution is 5.90. The first-order chi connectivity index (χ1) is 22.9. The maximum absolute atomic E-state index is 14.5. The number of piperidine rings is 1. The number of aromatic nitrogens is 2. The van der Waals surface area contributed by atoms with Crippen LogP contribution in [0.3, 0.4) is 0 Å². The second kappa shape index (κ2) is 14.6. The molecule has 4 aromatic carbocycles. The maximum atomic E-state index is 14.5. The molecule has 1 saturated heterocycles. The Morgan fingerprint density at radius 2 is 1.49 bits per heavy atom. The van der Waals surface area contributed by atoms with Crippen LogP contribution in [0.2, 0.25) is 0 Å². The van der Waals surface area contributed by atoms with Crippen LogP contribution < -0.4 is 10.6 Å². The van der Waals surface area contributed by atoms with Gasteiger partial charge in [-0.2, -0.15) is 4.98 Å². The highest BCUT2D eigenvalue weighted by atomic mass is 16.5. The Morgan fingerprint density at radius 3 is 2.11 bits per heavy atom. The van der Waals surface area contributed by atoms with E-state index in [1.165, 1.54) is 0 Å². The van der Waals surface area contributed by atoms with Crippen molar-refractivity contribution in [2.24, 2.45) is 5.92 Å². The molecule has 0 unspecified atom stereocenters. The zero-order valence-electron chi connectivity index (χ0n) is 26.6. The fraction of sp³-hybridized carbons (Fsp3) is 0.324. The van der Waals surface area contributed by atoms with Gasteiger partial charge in [0.2, 0.25) is 17.7 Å². The number of rotatable bonds is 11. The minimum Gasteiger partial charge on any atom is -0.460 e. The van der Waals surface area contributed by atoms with Crippen molar-refractivity contribution in [2.45, 2.75) is 44.7 Å². The molecule has 10 heteroatoms. The summed E-state index contributed by atoms with van der Waals surface area (Å²) in [5.41, 5.74) is 1.86. The summed E-state index contributed by atoms with van der Waals surface area (Å²) in [5.74, 6) is -1.42. The van der Waals surface area contributed by atoms with Gasteiger partial charge in [0.15, 0.2) is 0 Å². The van der Waals surface area contributed by atoms with Crippen LogP contribution in [-0.4, -0.2) is 65.6 Å². The van der Waals surface area contributed by atoms with Crippen LogP contribution in [0.1, 0.15) is 53.4 Å². The number of carbonyl (C=O) groups excluding carboxylic acids is 3. The third-order valence-corrected chi connectivity index (χ3v) is 8.82. The average Bonchev–Trinajstić information content (AvgIpc) is 3.60. The van der Waals surface area contributed by atoms with E-state index in [-0.39, 0.29) is 36.1 Å². The van der Waals surface area contributed by atoms with E-state index in [4.69, 9.17) is 9.26 Å². The summed E-state index contributed by atoms with van der Waals surface area (Å²) in [4.78, 5) is 46.4. The van der Waals surface area contributed by atoms with Crippen LogP contribution in [0, 0.1) is 5.92 Å². The van der Waals surface area contributed by atoms with Crippen molar-refractivity contribution in [2.75, 3.05) is 26.7 Å². The molecule has 2 atom stereocenters. The number of ether oxygens (including phenoxy) is 1. The van der Waals surface area contributed by atoms with E-state index in [1.54, 1.807) is 18.9 Å². The predicted octanol–water partition coefficient (Wildman–Crippen LogP) is 5.02. The smallest absolute Gasteiger partial charge is 0.379 e. The molecule has 0 radical (unpaired) electrons. The summed E-state index contributed by atoms with van der Waals surface area (Å²) < 4.78 is 10.7. The number of hydrogen-bond acceptors (Lipinski definition) is 8. The van der Waals surface area contributed by atoms with E-state index in [0.717, 1.165) is 45.8 Å². The Bertz CT molecular complexity index is 1880. The molecule has 5 aromatic rings. The van der Waals surface area contributed by atoms with Crippen LogP contribution >= 0.6 is 0 Å². The molecule has 1 fully saturated rings. The van der Waals surface area contributed by atoms with Crippen LogP contribution in [0.25, 0.3) is 21.5 Å². The molecule has 2 amide bonds. The van der Waals surface area contributed by atoms with Gasteiger partial charge in [-0.15, -0.1) is 0 Å². The largest absolute Gasteiger partial charge is 0.460 e. The third-order valence-electron chi connectivity index (χ3n) is 8.82. The molecule has 47 heavy (non-hydrogen) atoms. The van der Waals surface area contributed by atoms with E-state index in [9.17, 15) is 14.4 Å². The standard InChI is InChI=1S/C37H39N5O5/c1-3-46-37(45)33-40-35(47-41-33)32(23-25-13-15-27-9-5-7-11-30(27)21-25)42(2)36(44)31(39-34(43)28-16-18-38-19-17-28)22-24-12-14-26-8-4-6-10-29(26)20-24/h4-15,20-21,28,31-32,38H,3,16-19,22-23H2,1-2H3,(H,39,43)/t31-,32-/m1/s1. The van der Waals surface area contributed by atoms with Gasteiger partial charge in [-0.1, -0.05) is 84.9 Å². The molecule has 2 heterocycles. The van der Waals surface area contributed by atoms with Crippen molar-refractivity contribution in [1.82, 2.24) is 25.7 Å². The quantitative estimate of drug-likeness (QED) is 0.194. The molecular weight excluding hydrogens is 594 g/mol. The normalized spacial score (nSPS) is 14.9. The second-order valence-corrected chi connectivity index (χ2v) is 12.0. The molecule has 0 spiro atoms. The Hall–Kier alpha value is -5.09. The van der Waals surface area contributed by atoms with Gasteiger partial charge in [-0.25, -0.2) is 4.79 Å². The molecule has 1 aliphatic rings. The number of carbonyl (C=O) groups is 3. The number of nitrogens with zero attached hydrogens (tertiary/aromatic N) is 3. The van der Waals surface area contributed by atoms with Gasteiger partial charge < -0.3 is 24.8 Å². The Kier molecular flexibility index (Phi) is 9.87. The van der Waals surface area contributed by atoms with Crippen LogP contribution in [0.15, 0.2) is 89.5 Å². The minimum absolute atomic E-state index is 0.103. The van der Waals surface area contributed by atoms with E-state index in [0.29, 0.717) is 25.7 Å². The lowest BCUT2D eigenvalue weighted by molar-refractivity contribution is -0.138. The van der Waals surface area contributed by atoms with Crippen molar-refractivity contribution < 1.29 is 23.6 Å². The molecule has 6 rings (SSSR count). The lowest BCUT2D eigenvalue weighted by atomic mass is 9.95. The summed E-state index contributed by atoms with van der Waals surface area (Å²) in [6.07, 6.45) is 2.05. The highest BCUT2D eigenvalue weighted by Gasteiger charge is 2.34. The van der Waals surface area contributed by atoms with Crippen LogP contribution in [0.5, 0.6) is 0 Å². The summed E-state index contributed by atoms with van der Waals surface area (Å²) in [7, 11) is 1.67. The summed E-state index contributed by atoms with van der Waals surface area (Å²) in [5, 5.41) is 14.6. The monoisotopic (exact) mass is 633 g/mol. The number of likely N-dealkylation sites (N-methyl/N-ethyl adjacent to an activating group) is 1. The first-order valence-corrected chi connectivity index (χ1v) is 16.1. The molecule has 242 valence electrons. The van der Waals surface area contributed by atoms with Crippen LogP contribution in [0.4, 0.5) is 0 Å². The molecular formula is C37H39N5O5. The van der Waals surface area contributed by atoms with E-state index >= 15 is 0 Å². The Balaban J connectivity index is 1.33. The lowest BCUT2D eigenvalue weighted by Crippen LogP contribution is -2.52. The second-order valence-electron chi connectivity index (χ2n) is 12.0. The molecule has 10 nitrogen and oxygen atoms in total. The molecule has 1 aromatic heterocycles. The Labute approximate surface area is 273 Å². The average molecular weight is 634 g/mol. The summed E-state index contributed by atoms with van der Waals surface area (Å²) in [6, 6.07) is 26.7. The summed E-state index contributed by atoms with van der Waals surface area (Å²) in [6.45, 7) is 3.38. The predicted molar refractivity (Wildman–Crippen MR) is 179 cm³/mol. The van der Waals surface area contributed by atoms with Gasteiger partial charge in [-0.3, -0.25) is 9.59 Å². The topological polar surface area (TPSA) is 127 Å². The van der Waals surface area contributed by atoms with Gasteiger partial charge in [0, 0.05) is 25.8 Å². The SMILES string of the molecule is CCOC(=O)c1noc([C@@H](Cc2ccc3ccccc3c2)N(C)C(=O)[C@@H](Cc2ccc3ccccc3c2)NC(=O)C2CCNCC2)n1. The number of esters is 1. The van der Waals surface area contributed by atoms with E-state index in [1.807, 2.05) is 72.8 Å². The highest BCUT2D eigenvalue weighted by Crippen LogP contribution is 2.27. The first kappa shape index (κ1) is 31.9. The van der Waals surface area contributed by atoms with Crippen molar-refractivity contribution in [3.05, 3.63) is 108 Å². The zero-order valence-corrected chi connectivity index (χ0v) is 26.6. The molecule has 0 aliphatic carbocycles. The number of amides is 2. The van der Waals surface area contributed by atoms with Gasteiger partial charge in [-0.05, 0) is 70.7 Å². The van der Waals surface area contributed by atoms with Gasteiger partial charge in [0.1, 0.15) is 12.1 Å². The molecule has 1 aliphatic heterocycles. The van der Waals surface area contributed by atoms with Gasteiger partial charge >= 0.3 is 5.97 Å². The summed E-state index contributed by atoms with van der Waals surface area (Å²) >= 11 is 0. The van der Waals surface area contributed by atoms with E-state index < -0.39 is 18.1 Å². The Morgan fingerprint density at radius 1 is 0.894 bits per heavy atom. The number of nitrogens with one attached hydrogen (secondary N) is 2. The van der Waals surface area contributed by atoms with Gasteiger partial charge in [0.25, 0.3) is 5.82 Å². The third kappa shape index (κ3) is 7.49. The first-order valence-electron chi connectivity index (χ1n) is 16.1. The van der Waals surface area contributed by atoms with Crippen LogP contribution in [-0.2, 0) is 27.2 Å². The minimum atomic E-state index is -0.852. The lowest BCUT2D eigenvalue weighted by Gasteiger charge is -2.31. The van der Waals surface area contributed by atoms with Crippen molar-refractivity contribution in [3.63, 3.8) is 0 Å². The van der Waals surface area contributed by atoms with Crippen molar-refractivity contribution in [1.29, 1.82) is 0 Å². The molecule has 2 N–H and O–H groups in total. The number of hydrogen-bond donors (Lipinski definition) is 2. The number of benzene rings is 4. The number of fused-ring (bicyclic) bond motifs is 2. The van der Waals surface area contributed by atoms with Crippen molar-refractivity contribution in [3.8, 4) is 0 Å². The maximum Gasteiger partial charge on any atom is 0.379 e.